The number of halogens is 2. The number of hydrogen-bond donors (Lipinski definition) is 1. The number of carbonyl (C=O) groups is 2. The molecule has 3 rings (SSSR count). The number of amides is 2. The van der Waals surface area contributed by atoms with Gasteiger partial charge in [-0.05, 0) is 43.2 Å². The zero-order valence-electron chi connectivity index (χ0n) is 22.7. The number of sulfonamides is 1. The fourth-order valence-electron chi connectivity index (χ4n) is 4.14. The Morgan fingerprint density at radius 2 is 1.63 bits per heavy atom. The molecule has 13 heteroatoms. The average Bonchev–Trinajstić information content (AvgIpc) is 2.90. The van der Waals surface area contributed by atoms with Crippen molar-refractivity contribution < 1.29 is 22.9 Å². The van der Waals surface area contributed by atoms with Gasteiger partial charge in [0.1, 0.15) is 12.6 Å². The summed E-state index contributed by atoms with van der Waals surface area (Å²) >= 11 is 12.3. The molecule has 0 aliphatic carbocycles. The molecule has 2 amide bonds. The number of nitro benzene ring substituents is 1. The highest BCUT2D eigenvalue weighted by atomic mass is 35.5. The quantitative estimate of drug-likeness (QED) is 0.228. The van der Waals surface area contributed by atoms with Gasteiger partial charge in [0.2, 0.25) is 21.8 Å². The van der Waals surface area contributed by atoms with Crippen LogP contribution in [0.4, 0.5) is 11.4 Å². The maximum atomic E-state index is 14.0. The third-order valence-corrected chi connectivity index (χ3v) is 7.93. The van der Waals surface area contributed by atoms with E-state index < -0.39 is 39.3 Å². The van der Waals surface area contributed by atoms with Gasteiger partial charge in [-0.2, -0.15) is 0 Å². The molecule has 218 valence electrons. The zero-order chi connectivity index (χ0) is 30.3. The van der Waals surface area contributed by atoms with Crippen LogP contribution in [0.15, 0.2) is 72.8 Å². The minimum absolute atomic E-state index is 0.0595. The first-order valence-electron chi connectivity index (χ1n) is 12.6. The number of nitrogens with zero attached hydrogens (tertiary/aromatic N) is 3. The van der Waals surface area contributed by atoms with E-state index in [9.17, 15) is 28.1 Å². The Morgan fingerprint density at radius 3 is 2.22 bits per heavy atom. The standard InChI is InChI=1S/C28H30Cl2N4O6S/c1-19(2)31-28(36)26(15-20-8-5-4-6-9-20)32(17-21-12-13-24(29)25(30)14-21)27(35)18-33(41(3,39)40)22-10-7-11-23(16-22)34(37)38/h4-14,16,19,26H,15,17-18H2,1-3H3,(H,31,36)/t26-/m1/s1. The van der Waals surface area contributed by atoms with Gasteiger partial charge in [-0.25, -0.2) is 8.42 Å². The molecule has 0 saturated carbocycles. The summed E-state index contributed by atoms with van der Waals surface area (Å²) in [7, 11) is -4.07. The summed E-state index contributed by atoms with van der Waals surface area (Å²) in [5.41, 5.74) is 0.941. The molecule has 1 atom stereocenters. The summed E-state index contributed by atoms with van der Waals surface area (Å²) < 4.78 is 26.4. The van der Waals surface area contributed by atoms with Crippen LogP contribution in [0.5, 0.6) is 0 Å². The van der Waals surface area contributed by atoms with Gasteiger partial charge in [-0.1, -0.05) is 65.7 Å². The van der Waals surface area contributed by atoms with Crippen LogP contribution in [0.3, 0.4) is 0 Å². The Kier molecular flexibility index (Phi) is 10.7. The van der Waals surface area contributed by atoms with E-state index >= 15 is 0 Å². The van der Waals surface area contributed by atoms with Crippen molar-refractivity contribution in [2.75, 3.05) is 17.1 Å². The number of nitro groups is 1. The molecule has 0 heterocycles. The van der Waals surface area contributed by atoms with Gasteiger partial charge in [0.25, 0.3) is 5.69 Å². The van der Waals surface area contributed by atoms with Crippen LogP contribution >= 0.6 is 23.2 Å². The number of nitrogens with one attached hydrogen (secondary N) is 1. The van der Waals surface area contributed by atoms with Crippen LogP contribution in [0.2, 0.25) is 10.0 Å². The normalized spacial score (nSPS) is 12.0. The molecule has 0 bridgehead atoms. The summed E-state index contributed by atoms with van der Waals surface area (Å²) in [5.74, 6) is -1.13. The van der Waals surface area contributed by atoms with Gasteiger partial charge in [-0.3, -0.25) is 24.0 Å². The number of non-ortho nitro benzene ring substituents is 1. The molecular weight excluding hydrogens is 591 g/mol. The van der Waals surface area contributed by atoms with Crippen molar-refractivity contribution in [3.05, 3.63) is 104 Å². The van der Waals surface area contributed by atoms with Crippen molar-refractivity contribution in [3.63, 3.8) is 0 Å². The Hall–Kier alpha value is -3.67. The second-order valence-corrected chi connectivity index (χ2v) is 12.4. The van der Waals surface area contributed by atoms with Crippen LogP contribution in [0.25, 0.3) is 0 Å². The number of hydrogen-bond acceptors (Lipinski definition) is 6. The lowest BCUT2D eigenvalue weighted by molar-refractivity contribution is -0.384. The van der Waals surface area contributed by atoms with Gasteiger partial charge in [0.05, 0.1) is 26.9 Å². The number of benzene rings is 3. The van der Waals surface area contributed by atoms with Crippen LogP contribution < -0.4 is 9.62 Å². The molecule has 3 aromatic carbocycles. The summed E-state index contributed by atoms with van der Waals surface area (Å²) in [5, 5.41) is 14.7. The van der Waals surface area contributed by atoms with Gasteiger partial charge in [0, 0.05) is 31.1 Å². The maximum Gasteiger partial charge on any atom is 0.271 e. The highest BCUT2D eigenvalue weighted by Gasteiger charge is 2.33. The monoisotopic (exact) mass is 620 g/mol. The van der Waals surface area contributed by atoms with Gasteiger partial charge < -0.3 is 10.2 Å². The zero-order valence-corrected chi connectivity index (χ0v) is 25.0. The van der Waals surface area contributed by atoms with Crippen molar-refractivity contribution >= 4 is 56.4 Å². The molecule has 0 aliphatic rings. The first-order chi connectivity index (χ1) is 19.3. The fourth-order valence-corrected chi connectivity index (χ4v) is 5.31. The molecule has 1 N–H and O–H groups in total. The second kappa shape index (κ2) is 13.8. The lowest BCUT2D eigenvalue weighted by atomic mass is 10.0. The van der Waals surface area contributed by atoms with Crippen molar-refractivity contribution in [2.45, 2.75) is 38.9 Å². The first-order valence-corrected chi connectivity index (χ1v) is 15.2. The molecule has 0 aromatic heterocycles. The van der Waals surface area contributed by atoms with Crippen molar-refractivity contribution in [1.29, 1.82) is 0 Å². The fraction of sp³-hybridized carbons (Fsp3) is 0.286. The van der Waals surface area contributed by atoms with Crippen molar-refractivity contribution in [1.82, 2.24) is 10.2 Å². The van der Waals surface area contributed by atoms with E-state index in [-0.39, 0.29) is 35.4 Å². The number of carbonyl (C=O) groups excluding carboxylic acids is 2. The van der Waals surface area contributed by atoms with E-state index in [0.29, 0.717) is 10.6 Å². The molecule has 0 saturated heterocycles. The second-order valence-electron chi connectivity index (χ2n) is 9.69. The van der Waals surface area contributed by atoms with Gasteiger partial charge in [-0.15, -0.1) is 0 Å². The predicted octanol–water partition coefficient (Wildman–Crippen LogP) is 4.83. The van der Waals surface area contributed by atoms with Crippen LogP contribution in [-0.2, 0) is 32.6 Å². The van der Waals surface area contributed by atoms with E-state index in [1.165, 1.54) is 23.1 Å². The lowest BCUT2D eigenvalue weighted by Gasteiger charge is -2.34. The molecule has 0 aliphatic heterocycles. The van der Waals surface area contributed by atoms with Crippen LogP contribution in [-0.4, -0.2) is 54.9 Å². The summed E-state index contributed by atoms with van der Waals surface area (Å²) in [4.78, 5) is 39.5. The Balaban J connectivity index is 2.09. The van der Waals surface area contributed by atoms with Crippen LogP contribution in [0, 0.1) is 10.1 Å². The Morgan fingerprint density at radius 1 is 0.951 bits per heavy atom. The summed E-state index contributed by atoms with van der Waals surface area (Å²) in [6.45, 7) is 2.78. The van der Waals surface area contributed by atoms with Gasteiger partial charge in [0.15, 0.2) is 0 Å². The molecule has 3 aromatic rings. The highest BCUT2D eigenvalue weighted by molar-refractivity contribution is 7.92. The third kappa shape index (κ3) is 8.91. The molecule has 0 radical (unpaired) electrons. The molecular formula is C28H30Cl2N4O6S. The molecule has 41 heavy (non-hydrogen) atoms. The molecule has 0 fully saturated rings. The smallest absolute Gasteiger partial charge is 0.271 e. The highest BCUT2D eigenvalue weighted by Crippen LogP contribution is 2.26. The molecule has 10 nitrogen and oxygen atoms in total. The average molecular weight is 622 g/mol. The van der Waals surface area contributed by atoms with E-state index in [4.69, 9.17) is 23.2 Å². The van der Waals surface area contributed by atoms with E-state index in [0.717, 1.165) is 22.2 Å². The first kappa shape index (κ1) is 31.9. The minimum Gasteiger partial charge on any atom is -0.352 e. The van der Waals surface area contributed by atoms with Crippen LogP contribution in [0.1, 0.15) is 25.0 Å². The lowest BCUT2D eigenvalue weighted by Crippen LogP contribution is -2.54. The topological polar surface area (TPSA) is 130 Å². The van der Waals surface area contributed by atoms with Crippen molar-refractivity contribution in [2.24, 2.45) is 0 Å². The SMILES string of the molecule is CC(C)NC(=O)[C@@H](Cc1ccccc1)N(Cc1ccc(Cl)c(Cl)c1)C(=O)CN(c1cccc([N+](=O)[O-])c1)S(C)(=O)=O. The maximum absolute atomic E-state index is 14.0. The summed E-state index contributed by atoms with van der Waals surface area (Å²) in [6.07, 6.45) is 1.04. The largest absolute Gasteiger partial charge is 0.352 e. The Labute approximate surface area is 249 Å². The number of rotatable bonds is 12. The Bertz CT molecular complexity index is 1520. The number of anilines is 1. The molecule has 0 unspecified atom stereocenters. The van der Waals surface area contributed by atoms with E-state index in [1.54, 1.807) is 32.0 Å². The third-order valence-electron chi connectivity index (χ3n) is 6.05. The molecule has 0 spiro atoms. The van der Waals surface area contributed by atoms with Crippen molar-refractivity contribution in [3.8, 4) is 0 Å². The minimum atomic E-state index is -4.07. The van der Waals surface area contributed by atoms with E-state index in [1.807, 2.05) is 30.3 Å². The predicted molar refractivity (Wildman–Crippen MR) is 160 cm³/mol. The van der Waals surface area contributed by atoms with Gasteiger partial charge >= 0.3 is 0 Å². The summed E-state index contributed by atoms with van der Waals surface area (Å²) in [6, 6.07) is 17.6. The van der Waals surface area contributed by atoms with E-state index in [2.05, 4.69) is 5.32 Å².